The Kier molecular flexibility index (Phi) is 4.66. The van der Waals surface area contributed by atoms with E-state index < -0.39 is 0 Å². The minimum atomic E-state index is 0.0431. The van der Waals surface area contributed by atoms with Gasteiger partial charge in [-0.2, -0.15) is 0 Å². The lowest BCUT2D eigenvalue weighted by atomic mass is 10.1. The topological polar surface area (TPSA) is 49.9 Å². The Balaban J connectivity index is 1.71. The Labute approximate surface area is 137 Å². The molecule has 5 heteroatoms. The average molecular weight is 316 g/mol. The zero-order valence-electron chi connectivity index (χ0n) is 13.8. The van der Waals surface area contributed by atoms with Crippen LogP contribution in [0.3, 0.4) is 0 Å². The normalized spacial score (nSPS) is 25.0. The number of likely N-dealkylation sites (tertiary alicyclic amines) is 1. The standard InChI is InChI=1S/C18H24N2O3/c1-13-10-20(11-14(2)23-13)18(22)16-6-3-5-15(9-16)12-19-8-4-7-17(19)21/h3,5-6,9,13-14H,4,7-8,10-12H2,1-2H3. The van der Waals surface area contributed by atoms with Gasteiger partial charge in [-0.3, -0.25) is 9.59 Å². The maximum absolute atomic E-state index is 12.7. The summed E-state index contributed by atoms with van der Waals surface area (Å²) in [5.74, 6) is 0.249. The Morgan fingerprint density at radius 2 is 2.00 bits per heavy atom. The van der Waals surface area contributed by atoms with Crippen molar-refractivity contribution in [1.29, 1.82) is 0 Å². The van der Waals surface area contributed by atoms with Crippen LogP contribution in [0.4, 0.5) is 0 Å². The van der Waals surface area contributed by atoms with Crippen LogP contribution < -0.4 is 0 Å². The molecule has 1 aromatic carbocycles. The molecule has 2 aliphatic heterocycles. The van der Waals surface area contributed by atoms with E-state index in [1.165, 1.54) is 0 Å². The zero-order chi connectivity index (χ0) is 16.4. The Morgan fingerprint density at radius 3 is 2.65 bits per heavy atom. The van der Waals surface area contributed by atoms with Crippen molar-refractivity contribution in [2.75, 3.05) is 19.6 Å². The molecule has 0 spiro atoms. The molecule has 0 aliphatic carbocycles. The number of hydrogen-bond donors (Lipinski definition) is 0. The molecular weight excluding hydrogens is 292 g/mol. The van der Waals surface area contributed by atoms with Crippen LogP contribution in [0.5, 0.6) is 0 Å². The highest BCUT2D eigenvalue weighted by molar-refractivity contribution is 5.94. The van der Waals surface area contributed by atoms with Gasteiger partial charge >= 0.3 is 0 Å². The Morgan fingerprint density at radius 1 is 1.26 bits per heavy atom. The second-order valence-corrected chi connectivity index (χ2v) is 6.59. The van der Waals surface area contributed by atoms with Gasteiger partial charge in [-0.05, 0) is 38.0 Å². The van der Waals surface area contributed by atoms with Crippen molar-refractivity contribution in [3.8, 4) is 0 Å². The van der Waals surface area contributed by atoms with E-state index in [2.05, 4.69) is 0 Å². The molecule has 0 bridgehead atoms. The Bertz CT molecular complexity index is 592. The van der Waals surface area contributed by atoms with E-state index in [1.54, 1.807) is 0 Å². The summed E-state index contributed by atoms with van der Waals surface area (Å²) in [6, 6.07) is 7.64. The van der Waals surface area contributed by atoms with Crippen LogP contribution in [0.15, 0.2) is 24.3 Å². The number of carbonyl (C=O) groups is 2. The minimum absolute atomic E-state index is 0.0431. The molecule has 1 aromatic rings. The van der Waals surface area contributed by atoms with Gasteiger partial charge in [-0.25, -0.2) is 0 Å². The first kappa shape index (κ1) is 16.0. The monoisotopic (exact) mass is 316 g/mol. The summed E-state index contributed by atoms with van der Waals surface area (Å²) >= 11 is 0. The van der Waals surface area contributed by atoms with Crippen LogP contribution in [-0.2, 0) is 16.1 Å². The molecule has 2 atom stereocenters. The number of ether oxygens (including phenoxy) is 1. The van der Waals surface area contributed by atoms with E-state index in [0.29, 0.717) is 31.6 Å². The number of rotatable bonds is 3. The van der Waals surface area contributed by atoms with Crippen LogP contribution in [0.2, 0.25) is 0 Å². The SMILES string of the molecule is CC1CN(C(=O)c2cccc(CN3CCCC3=O)c2)CC(C)O1. The molecule has 0 N–H and O–H groups in total. The van der Waals surface area contributed by atoms with E-state index in [1.807, 2.05) is 47.9 Å². The van der Waals surface area contributed by atoms with Gasteiger partial charge < -0.3 is 14.5 Å². The third-order valence-electron chi connectivity index (χ3n) is 4.43. The lowest BCUT2D eigenvalue weighted by Crippen LogP contribution is -2.48. The predicted octanol–water partition coefficient (Wildman–Crippen LogP) is 2.06. The molecule has 2 fully saturated rings. The maximum atomic E-state index is 12.7. The van der Waals surface area contributed by atoms with Crippen molar-refractivity contribution in [3.63, 3.8) is 0 Å². The van der Waals surface area contributed by atoms with E-state index in [-0.39, 0.29) is 24.0 Å². The van der Waals surface area contributed by atoms with Crippen LogP contribution in [0.25, 0.3) is 0 Å². The number of morpholine rings is 1. The van der Waals surface area contributed by atoms with Gasteiger partial charge in [0.15, 0.2) is 0 Å². The summed E-state index contributed by atoms with van der Waals surface area (Å²) in [6.07, 6.45) is 1.70. The molecule has 2 amide bonds. The van der Waals surface area contributed by atoms with E-state index >= 15 is 0 Å². The van der Waals surface area contributed by atoms with Crippen molar-refractivity contribution in [2.24, 2.45) is 0 Å². The van der Waals surface area contributed by atoms with Crippen molar-refractivity contribution in [1.82, 2.24) is 9.80 Å². The first-order chi connectivity index (χ1) is 11.0. The fraction of sp³-hybridized carbons (Fsp3) is 0.556. The molecule has 2 saturated heterocycles. The third kappa shape index (κ3) is 3.72. The quantitative estimate of drug-likeness (QED) is 0.857. The molecule has 0 aromatic heterocycles. The number of nitrogens with zero attached hydrogens (tertiary/aromatic N) is 2. The molecule has 0 radical (unpaired) electrons. The highest BCUT2D eigenvalue weighted by atomic mass is 16.5. The van der Waals surface area contributed by atoms with E-state index in [9.17, 15) is 9.59 Å². The third-order valence-corrected chi connectivity index (χ3v) is 4.43. The minimum Gasteiger partial charge on any atom is -0.372 e. The van der Waals surface area contributed by atoms with Crippen LogP contribution in [0, 0.1) is 0 Å². The van der Waals surface area contributed by atoms with Gasteiger partial charge in [0, 0.05) is 38.2 Å². The molecule has 2 aliphatic rings. The van der Waals surface area contributed by atoms with E-state index in [0.717, 1.165) is 18.5 Å². The Hall–Kier alpha value is -1.88. The summed E-state index contributed by atoms with van der Waals surface area (Å²) in [4.78, 5) is 28.2. The van der Waals surface area contributed by atoms with Gasteiger partial charge in [0.2, 0.25) is 5.91 Å². The number of amides is 2. The van der Waals surface area contributed by atoms with E-state index in [4.69, 9.17) is 4.74 Å². The maximum Gasteiger partial charge on any atom is 0.254 e. The smallest absolute Gasteiger partial charge is 0.254 e. The molecule has 124 valence electrons. The molecule has 2 unspecified atom stereocenters. The summed E-state index contributed by atoms with van der Waals surface area (Å²) in [6.45, 7) is 6.64. The van der Waals surface area contributed by atoms with Gasteiger partial charge in [0.1, 0.15) is 0 Å². The first-order valence-corrected chi connectivity index (χ1v) is 8.34. The van der Waals surface area contributed by atoms with Gasteiger partial charge in [-0.15, -0.1) is 0 Å². The molecule has 5 nitrogen and oxygen atoms in total. The largest absolute Gasteiger partial charge is 0.372 e. The highest BCUT2D eigenvalue weighted by Crippen LogP contribution is 2.18. The lowest BCUT2D eigenvalue weighted by Gasteiger charge is -2.35. The fourth-order valence-corrected chi connectivity index (χ4v) is 3.42. The predicted molar refractivity (Wildman–Crippen MR) is 87.0 cm³/mol. The van der Waals surface area contributed by atoms with Gasteiger partial charge in [0.05, 0.1) is 12.2 Å². The molecule has 23 heavy (non-hydrogen) atoms. The molecular formula is C18H24N2O3. The second kappa shape index (κ2) is 6.71. The van der Waals surface area contributed by atoms with Crippen molar-refractivity contribution >= 4 is 11.8 Å². The molecule has 3 rings (SSSR count). The van der Waals surface area contributed by atoms with Crippen LogP contribution in [0.1, 0.15) is 42.6 Å². The van der Waals surface area contributed by atoms with Crippen molar-refractivity contribution in [2.45, 2.75) is 45.4 Å². The number of hydrogen-bond acceptors (Lipinski definition) is 3. The first-order valence-electron chi connectivity index (χ1n) is 8.34. The second-order valence-electron chi connectivity index (χ2n) is 6.59. The summed E-state index contributed by atoms with van der Waals surface area (Å²) in [5, 5.41) is 0. The van der Waals surface area contributed by atoms with Crippen molar-refractivity contribution in [3.05, 3.63) is 35.4 Å². The fourth-order valence-electron chi connectivity index (χ4n) is 3.42. The molecule has 0 saturated carbocycles. The van der Waals surface area contributed by atoms with Crippen LogP contribution >= 0.6 is 0 Å². The van der Waals surface area contributed by atoms with Gasteiger partial charge in [-0.1, -0.05) is 12.1 Å². The van der Waals surface area contributed by atoms with Gasteiger partial charge in [0.25, 0.3) is 5.91 Å². The number of benzene rings is 1. The summed E-state index contributed by atoms with van der Waals surface area (Å²) in [5.41, 5.74) is 1.70. The number of carbonyl (C=O) groups excluding carboxylic acids is 2. The zero-order valence-corrected chi connectivity index (χ0v) is 13.8. The van der Waals surface area contributed by atoms with Crippen LogP contribution in [-0.4, -0.2) is 53.5 Å². The molecule has 2 heterocycles. The highest BCUT2D eigenvalue weighted by Gasteiger charge is 2.27. The summed E-state index contributed by atoms with van der Waals surface area (Å²) in [7, 11) is 0. The summed E-state index contributed by atoms with van der Waals surface area (Å²) < 4.78 is 5.69. The average Bonchev–Trinajstić information content (AvgIpc) is 2.91. The lowest BCUT2D eigenvalue weighted by molar-refractivity contribution is -0.128. The van der Waals surface area contributed by atoms with Crippen molar-refractivity contribution < 1.29 is 14.3 Å².